The number of nitrogens with zero attached hydrogens (tertiary/aromatic N) is 1. The normalized spacial score (nSPS) is 19.5. The predicted octanol–water partition coefficient (Wildman–Crippen LogP) is 2.75. The van der Waals surface area contributed by atoms with Gasteiger partial charge in [-0.1, -0.05) is 13.8 Å². The standard InChI is InChI=1S/C15H17NO3/c1-9(2)13(17)19-14-15(3,4)11-7-10(8-16)5-6-12(11)18-14/h5-7,9,14H,1-4H3. The average molecular weight is 259 g/mol. The van der Waals surface area contributed by atoms with Gasteiger partial charge < -0.3 is 9.47 Å². The number of rotatable bonds is 2. The minimum Gasteiger partial charge on any atom is -0.454 e. The Kier molecular flexibility index (Phi) is 3.23. The van der Waals surface area contributed by atoms with E-state index in [1.807, 2.05) is 13.8 Å². The molecule has 1 unspecified atom stereocenters. The highest BCUT2D eigenvalue weighted by atomic mass is 16.7. The van der Waals surface area contributed by atoms with E-state index in [4.69, 9.17) is 14.7 Å². The Bertz CT molecular complexity index is 555. The molecule has 0 spiro atoms. The second-order valence-electron chi connectivity index (χ2n) is 5.59. The number of hydrogen-bond donors (Lipinski definition) is 0. The van der Waals surface area contributed by atoms with Crippen LogP contribution in [0.25, 0.3) is 0 Å². The van der Waals surface area contributed by atoms with Gasteiger partial charge in [-0.25, -0.2) is 0 Å². The fourth-order valence-electron chi connectivity index (χ4n) is 2.01. The molecule has 1 aliphatic rings. The maximum atomic E-state index is 11.7. The predicted molar refractivity (Wildman–Crippen MR) is 69.5 cm³/mol. The number of hydrogen-bond acceptors (Lipinski definition) is 4. The first kappa shape index (κ1) is 13.4. The monoisotopic (exact) mass is 259 g/mol. The van der Waals surface area contributed by atoms with Crippen LogP contribution in [-0.2, 0) is 14.9 Å². The molecule has 0 amide bonds. The van der Waals surface area contributed by atoms with Crippen LogP contribution in [-0.4, -0.2) is 12.3 Å². The van der Waals surface area contributed by atoms with E-state index in [2.05, 4.69) is 6.07 Å². The highest BCUT2D eigenvalue weighted by Crippen LogP contribution is 2.43. The Balaban J connectivity index is 2.30. The number of benzene rings is 1. The zero-order valence-electron chi connectivity index (χ0n) is 11.6. The molecule has 0 fully saturated rings. The molecule has 1 aromatic rings. The van der Waals surface area contributed by atoms with Gasteiger partial charge in [-0.05, 0) is 32.0 Å². The van der Waals surface area contributed by atoms with Gasteiger partial charge in [0.2, 0.25) is 0 Å². The first-order chi connectivity index (χ1) is 8.86. The molecule has 2 rings (SSSR count). The molecule has 100 valence electrons. The molecule has 0 aliphatic carbocycles. The molecule has 19 heavy (non-hydrogen) atoms. The fraction of sp³-hybridized carbons (Fsp3) is 0.467. The van der Waals surface area contributed by atoms with E-state index in [0.717, 1.165) is 5.56 Å². The summed E-state index contributed by atoms with van der Waals surface area (Å²) >= 11 is 0. The van der Waals surface area contributed by atoms with Crippen molar-refractivity contribution in [3.63, 3.8) is 0 Å². The van der Waals surface area contributed by atoms with Crippen LogP contribution in [0.2, 0.25) is 0 Å². The van der Waals surface area contributed by atoms with Crippen molar-refractivity contribution in [2.75, 3.05) is 0 Å². The van der Waals surface area contributed by atoms with E-state index in [1.54, 1.807) is 32.0 Å². The number of ether oxygens (including phenoxy) is 2. The van der Waals surface area contributed by atoms with Crippen molar-refractivity contribution in [3.8, 4) is 11.8 Å². The van der Waals surface area contributed by atoms with Gasteiger partial charge >= 0.3 is 5.97 Å². The molecule has 1 aromatic carbocycles. The summed E-state index contributed by atoms with van der Waals surface area (Å²) in [4.78, 5) is 11.7. The fourth-order valence-corrected chi connectivity index (χ4v) is 2.01. The van der Waals surface area contributed by atoms with Gasteiger partial charge in [-0.2, -0.15) is 5.26 Å². The van der Waals surface area contributed by atoms with Crippen LogP contribution in [0.4, 0.5) is 0 Å². The number of carbonyl (C=O) groups is 1. The van der Waals surface area contributed by atoms with E-state index in [-0.39, 0.29) is 11.9 Å². The Morgan fingerprint density at radius 3 is 2.74 bits per heavy atom. The summed E-state index contributed by atoms with van der Waals surface area (Å²) in [5, 5.41) is 8.95. The van der Waals surface area contributed by atoms with E-state index < -0.39 is 11.7 Å². The third-order valence-electron chi connectivity index (χ3n) is 3.32. The van der Waals surface area contributed by atoms with Crippen molar-refractivity contribution in [1.29, 1.82) is 5.26 Å². The van der Waals surface area contributed by atoms with Gasteiger partial charge in [-0.3, -0.25) is 4.79 Å². The summed E-state index contributed by atoms with van der Waals surface area (Å²) in [6.07, 6.45) is -0.647. The highest BCUT2D eigenvalue weighted by Gasteiger charge is 2.44. The molecule has 1 atom stereocenters. The zero-order chi connectivity index (χ0) is 14.2. The molecule has 1 aliphatic heterocycles. The molecule has 1 heterocycles. The largest absolute Gasteiger partial charge is 0.454 e. The molecule has 0 N–H and O–H groups in total. The lowest BCUT2D eigenvalue weighted by molar-refractivity contribution is -0.172. The van der Waals surface area contributed by atoms with Gasteiger partial charge in [0.25, 0.3) is 6.29 Å². The second kappa shape index (κ2) is 4.58. The molecule has 4 heteroatoms. The SMILES string of the molecule is CC(C)C(=O)OC1Oc2ccc(C#N)cc2C1(C)C. The lowest BCUT2D eigenvalue weighted by Crippen LogP contribution is -2.37. The summed E-state index contributed by atoms with van der Waals surface area (Å²) < 4.78 is 11.1. The third kappa shape index (κ3) is 2.28. The number of esters is 1. The van der Waals surface area contributed by atoms with E-state index in [1.165, 1.54) is 0 Å². The van der Waals surface area contributed by atoms with Crippen LogP contribution in [0, 0.1) is 17.2 Å². The lowest BCUT2D eigenvalue weighted by atomic mass is 9.84. The Morgan fingerprint density at radius 2 is 2.16 bits per heavy atom. The van der Waals surface area contributed by atoms with E-state index in [9.17, 15) is 4.79 Å². The Labute approximate surface area is 112 Å². The van der Waals surface area contributed by atoms with Gasteiger partial charge in [0.05, 0.1) is 23.0 Å². The van der Waals surface area contributed by atoms with Crippen molar-refractivity contribution in [1.82, 2.24) is 0 Å². The highest BCUT2D eigenvalue weighted by molar-refractivity contribution is 5.72. The summed E-state index contributed by atoms with van der Waals surface area (Å²) in [6, 6.07) is 7.34. The molecule has 4 nitrogen and oxygen atoms in total. The van der Waals surface area contributed by atoms with Crippen LogP contribution >= 0.6 is 0 Å². The van der Waals surface area contributed by atoms with Crippen molar-refractivity contribution in [2.45, 2.75) is 39.4 Å². The second-order valence-corrected chi connectivity index (χ2v) is 5.59. The minimum absolute atomic E-state index is 0.196. The van der Waals surface area contributed by atoms with Gasteiger partial charge in [0.15, 0.2) is 0 Å². The maximum absolute atomic E-state index is 11.7. The number of carbonyl (C=O) groups excluding carboxylic acids is 1. The summed E-state index contributed by atoms with van der Waals surface area (Å²) in [5.74, 6) is 0.190. The van der Waals surface area contributed by atoms with E-state index in [0.29, 0.717) is 11.3 Å². The van der Waals surface area contributed by atoms with Gasteiger partial charge in [0, 0.05) is 5.56 Å². The molecule has 0 bridgehead atoms. The number of fused-ring (bicyclic) bond motifs is 1. The van der Waals surface area contributed by atoms with E-state index >= 15 is 0 Å². The van der Waals surface area contributed by atoms with Crippen LogP contribution in [0.1, 0.15) is 38.8 Å². The van der Waals surface area contributed by atoms with Crippen molar-refractivity contribution in [2.24, 2.45) is 5.92 Å². The quantitative estimate of drug-likeness (QED) is 0.766. The Morgan fingerprint density at radius 1 is 1.47 bits per heavy atom. The third-order valence-corrected chi connectivity index (χ3v) is 3.32. The average Bonchev–Trinajstić information content (AvgIpc) is 2.61. The van der Waals surface area contributed by atoms with Gasteiger partial charge in [0.1, 0.15) is 5.75 Å². The first-order valence-corrected chi connectivity index (χ1v) is 6.28. The van der Waals surface area contributed by atoms with Gasteiger partial charge in [-0.15, -0.1) is 0 Å². The zero-order valence-corrected chi connectivity index (χ0v) is 11.6. The smallest absolute Gasteiger partial charge is 0.311 e. The first-order valence-electron chi connectivity index (χ1n) is 6.28. The van der Waals surface area contributed by atoms with Crippen LogP contribution in [0.15, 0.2) is 18.2 Å². The topological polar surface area (TPSA) is 59.3 Å². The van der Waals surface area contributed by atoms with Crippen LogP contribution < -0.4 is 4.74 Å². The molecular weight excluding hydrogens is 242 g/mol. The van der Waals surface area contributed by atoms with Crippen LogP contribution in [0.5, 0.6) is 5.75 Å². The number of nitriles is 1. The summed E-state index contributed by atoms with van der Waals surface area (Å²) in [7, 11) is 0. The molecule has 0 saturated heterocycles. The molecule has 0 radical (unpaired) electrons. The van der Waals surface area contributed by atoms with Crippen LogP contribution in [0.3, 0.4) is 0 Å². The lowest BCUT2D eigenvalue weighted by Gasteiger charge is -2.26. The van der Waals surface area contributed by atoms with Crippen molar-refractivity contribution in [3.05, 3.63) is 29.3 Å². The molecule has 0 saturated carbocycles. The summed E-state index contributed by atoms with van der Waals surface area (Å²) in [6.45, 7) is 7.45. The molecule has 0 aromatic heterocycles. The van der Waals surface area contributed by atoms with Crippen molar-refractivity contribution < 1.29 is 14.3 Å². The summed E-state index contributed by atoms with van der Waals surface area (Å²) in [5.41, 5.74) is 1.01. The maximum Gasteiger partial charge on any atom is 0.311 e. The molecular formula is C15H17NO3. The van der Waals surface area contributed by atoms with Crippen molar-refractivity contribution >= 4 is 5.97 Å². The minimum atomic E-state index is -0.647. The Hall–Kier alpha value is -2.02.